The molecular weight excluding hydrogens is 935 g/mol. The standard InChI is InChI=1S/C70H137NO5/c1-3-5-7-9-11-13-15-17-19-20-32-36-40-44-48-52-56-60-64-70(75)76-65-61-57-53-49-45-41-37-33-30-28-26-24-22-21-23-25-27-29-31-35-39-43-47-51-55-59-63-69(74)71-67(66-72)68(73)62-58-54-50-46-42-38-34-18-16-14-12-10-8-6-4-2/h19-20,67-68,72-73H,3-18,21-66H2,1-2H3,(H,71,74)/b20-19-. The SMILES string of the molecule is CCCCCCCCC/C=C\CCCCCCCCCC(=O)OCCCCCCCCCCCCCCCCCCCCCCCCCCCCC(=O)NC(CO)C(O)CCCCCCCCCCCCCCCCC. The monoisotopic (exact) mass is 1070 g/mol. The Balaban J connectivity index is 3.33. The molecule has 0 saturated heterocycles. The zero-order valence-electron chi connectivity index (χ0n) is 51.8. The molecule has 0 aromatic heterocycles. The van der Waals surface area contributed by atoms with Crippen molar-refractivity contribution in [3.05, 3.63) is 12.2 Å². The van der Waals surface area contributed by atoms with Gasteiger partial charge in [0, 0.05) is 12.8 Å². The molecule has 2 unspecified atom stereocenters. The molecule has 0 radical (unpaired) electrons. The van der Waals surface area contributed by atoms with Gasteiger partial charge in [-0.05, 0) is 51.4 Å². The van der Waals surface area contributed by atoms with Gasteiger partial charge in [0.2, 0.25) is 5.91 Å². The summed E-state index contributed by atoms with van der Waals surface area (Å²) < 4.78 is 5.51. The molecule has 452 valence electrons. The number of carbonyl (C=O) groups is 2. The van der Waals surface area contributed by atoms with Gasteiger partial charge in [0.05, 0.1) is 25.4 Å². The molecule has 0 bridgehead atoms. The number of nitrogens with one attached hydrogen (secondary N) is 1. The van der Waals surface area contributed by atoms with Crippen molar-refractivity contribution in [2.75, 3.05) is 13.2 Å². The molecule has 2 atom stereocenters. The van der Waals surface area contributed by atoms with Crippen LogP contribution in [0.2, 0.25) is 0 Å². The van der Waals surface area contributed by atoms with E-state index >= 15 is 0 Å². The fourth-order valence-corrected chi connectivity index (χ4v) is 11.2. The third-order valence-electron chi connectivity index (χ3n) is 16.6. The Morgan fingerprint density at radius 3 is 0.934 bits per heavy atom. The predicted octanol–water partition coefficient (Wildman–Crippen LogP) is 22.4. The van der Waals surface area contributed by atoms with Crippen molar-refractivity contribution in [1.29, 1.82) is 0 Å². The lowest BCUT2D eigenvalue weighted by atomic mass is 10.0. The first kappa shape index (κ1) is 74.6. The van der Waals surface area contributed by atoms with E-state index in [2.05, 4.69) is 31.3 Å². The number of hydrogen-bond donors (Lipinski definition) is 3. The first-order valence-corrected chi connectivity index (χ1v) is 34.9. The zero-order chi connectivity index (χ0) is 55.0. The molecule has 0 aromatic rings. The van der Waals surface area contributed by atoms with Gasteiger partial charge in [-0.15, -0.1) is 0 Å². The number of carbonyl (C=O) groups excluding carboxylic acids is 2. The summed E-state index contributed by atoms with van der Waals surface area (Å²) in [7, 11) is 0. The summed E-state index contributed by atoms with van der Waals surface area (Å²) in [6.07, 6.45) is 81.1. The molecule has 0 aliphatic carbocycles. The lowest BCUT2D eigenvalue weighted by Crippen LogP contribution is -2.45. The highest BCUT2D eigenvalue weighted by atomic mass is 16.5. The molecule has 0 spiro atoms. The van der Waals surface area contributed by atoms with E-state index in [4.69, 9.17) is 4.74 Å². The Bertz CT molecular complexity index is 1140. The van der Waals surface area contributed by atoms with Crippen LogP contribution in [0.25, 0.3) is 0 Å². The molecule has 0 saturated carbocycles. The average molecular weight is 1070 g/mol. The lowest BCUT2D eigenvalue weighted by Gasteiger charge is -2.22. The highest BCUT2D eigenvalue weighted by molar-refractivity contribution is 5.76. The normalized spacial score (nSPS) is 12.5. The van der Waals surface area contributed by atoms with Gasteiger partial charge in [-0.3, -0.25) is 9.59 Å². The Hall–Kier alpha value is -1.40. The van der Waals surface area contributed by atoms with Crippen LogP contribution in [0.1, 0.15) is 399 Å². The molecule has 6 nitrogen and oxygen atoms in total. The molecule has 0 heterocycles. The van der Waals surface area contributed by atoms with Crippen molar-refractivity contribution in [3.8, 4) is 0 Å². The summed E-state index contributed by atoms with van der Waals surface area (Å²) in [6.45, 7) is 4.99. The van der Waals surface area contributed by atoms with Gasteiger partial charge in [0.1, 0.15) is 0 Å². The minimum absolute atomic E-state index is 0.0154. The van der Waals surface area contributed by atoms with E-state index in [0.717, 1.165) is 44.9 Å². The Labute approximate surface area is 476 Å². The van der Waals surface area contributed by atoms with E-state index < -0.39 is 12.1 Å². The maximum absolute atomic E-state index is 12.5. The minimum atomic E-state index is -0.662. The van der Waals surface area contributed by atoms with Gasteiger partial charge in [-0.1, -0.05) is 347 Å². The fraction of sp³-hybridized carbons (Fsp3) is 0.943. The van der Waals surface area contributed by atoms with E-state index in [1.165, 1.54) is 321 Å². The summed E-state index contributed by atoms with van der Waals surface area (Å²) in [4.78, 5) is 24.6. The van der Waals surface area contributed by atoms with Gasteiger partial charge in [-0.2, -0.15) is 0 Å². The quantitative estimate of drug-likeness (QED) is 0.0320. The molecule has 3 N–H and O–H groups in total. The van der Waals surface area contributed by atoms with Crippen LogP contribution in [0.5, 0.6) is 0 Å². The molecule has 76 heavy (non-hydrogen) atoms. The highest BCUT2D eigenvalue weighted by Gasteiger charge is 2.20. The number of amides is 1. The van der Waals surface area contributed by atoms with Crippen LogP contribution in [0.4, 0.5) is 0 Å². The number of hydrogen-bond acceptors (Lipinski definition) is 5. The van der Waals surface area contributed by atoms with Crippen LogP contribution >= 0.6 is 0 Å². The molecule has 0 aliphatic heterocycles. The number of ether oxygens (including phenoxy) is 1. The second-order valence-corrected chi connectivity index (χ2v) is 24.2. The molecule has 6 heteroatoms. The first-order chi connectivity index (χ1) is 37.5. The van der Waals surface area contributed by atoms with E-state index in [1.54, 1.807) is 0 Å². The summed E-state index contributed by atoms with van der Waals surface area (Å²) >= 11 is 0. The van der Waals surface area contributed by atoms with Crippen molar-refractivity contribution in [1.82, 2.24) is 5.32 Å². The second-order valence-electron chi connectivity index (χ2n) is 24.2. The van der Waals surface area contributed by atoms with Crippen molar-refractivity contribution in [2.24, 2.45) is 0 Å². The minimum Gasteiger partial charge on any atom is -0.466 e. The number of aliphatic hydroxyl groups excluding tert-OH is 2. The fourth-order valence-electron chi connectivity index (χ4n) is 11.2. The Morgan fingerprint density at radius 2 is 0.618 bits per heavy atom. The van der Waals surface area contributed by atoms with Gasteiger partial charge < -0.3 is 20.3 Å². The van der Waals surface area contributed by atoms with E-state index in [-0.39, 0.29) is 18.5 Å². The number of esters is 1. The average Bonchev–Trinajstić information content (AvgIpc) is 3.42. The van der Waals surface area contributed by atoms with Crippen LogP contribution in [0.3, 0.4) is 0 Å². The second kappa shape index (κ2) is 66.1. The van der Waals surface area contributed by atoms with Crippen molar-refractivity contribution >= 4 is 11.9 Å². The van der Waals surface area contributed by atoms with Crippen molar-refractivity contribution in [2.45, 2.75) is 411 Å². The maximum Gasteiger partial charge on any atom is 0.305 e. The first-order valence-electron chi connectivity index (χ1n) is 34.9. The zero-order valence-corrected chi connectivity index (χ0v) is 51.8. The van der Waals surface area contributed by atoms with E-state index in [9.17, 15) is 19.8 Å². The molecule has 0 fully saturated rings. The van der Waals surface area contributed by atoms with Crippen LogP contribution in [-0.4, -0.2) is 47.4 Å². The summed E-state index contributed by atoms with van der Waals surface area (Å²) in [6, 6.07) is -0.539. The van der Waals surface area contributed by atoms with Crippen LogP contribution in [0.15, 0.2) is 12.2 Å². The van der Waals surface area contributed by atoms with Gasteiger partial charge in [0.25, 0.3) is 0 Å². The van der Waals surface area contributed by atoms with Crippen molar-refractivity contribution < 1.29 is 24.5 Å². The van der Waals surface area contributed by atoms with Crippen LogP contribution in [0, 0.1) is 0 Å². The third-order valence-corrected chi connectivity index (χ3v) is 16.6. The number of rotatable bonds is 66. The Kier molecular flexibility index (Phi) is 64.9. The van der Waals surface area contributed by atoms with Gasteiger partial charge >= 0.3 is 5.97 Å². The largest absolute Gasteiger partial charge is 0.466 e. The summed E-state index contributed by atoms with van der Waals surface area (Å²) in [5.74, 6) is -0.0141. The third kappa shape index (κ3) is 61.8. The maximum atomic E-state index is 12.5. The number of unbranched alkanes of at least 4 members (excludes halogenated alkanes) is 53. The summed E-state index contributed by atoms with van der Waals surface area (Å²) in [5.41, 5.74) is 0. The van der Waals surface area contributed by atoms with E-state index in [0.29, 0.717) is 25.9 Å². The molecule has 0 rings (SSSR count). The van der Waals surface area contributed by atoms with Gasteiger partial charge in [-0.25, -0.2) is 0 Å². The van der Waals surface area contributed by atoms with Crippen LogP contribution in [-0.2, 0) is 14.3 Å². The van der Waals surface area contributed by atoms with Gasteiger partial charge in [0.15, 0.2) is 0 Å². The Morgan fingerprint density at radius 1 is 0.355 bits per heavy atom. The summed E-state index contributed by atoms with van der Waals surface area (Å²) in [5, 5.41) is 23.3. The lowest BCUT2D eigenvalue weighted by molar-refractivity contribution is -0.143. The molecule has 0 aliphatic rings. The topological polar surface area (TPSA) is 95.9 Å². The molecular formula is C70H137NO5. The van der Waals surface area contributed by atoms with Crippen molar-refractivity contribution in [3.63, 3.8) is 0 Å². The number of aliphatic hydroxyl groups is 2. The smallest absolute Gasteiger partial charge is 0.305 e. The molecule has 1 amide bonds. The van der Waals surface area contributed by atoms with E-state index in [1.807, 2.05) is 0 Å². The highest BCUT2D eigenvalue weighted by Crippen LogP contribution is 2.19. The van der Waals surface area contributed by atoms with Crippen LogP contribution < -0.4 is 5.32 Å². The molecule has 0 aromatic carbocycles. The predicted molar refractivity (Wildman–Crippen MR) is 333 cm³/mol. The number of allylic oxidation sites excluding steroid dienone is 2.